The number of carbonyl (C=O) groups is 1. The Morgan fingerprint density at radius 2 is 2.00 bits per heavy atom. The lowest BCUT2D eigenvalue weighted by Gasteiger charge is -2.25. The van der Waals surface area contributed by atoms with Crippen molar-refractivity contribution in [3.63, 3.8) is 0 Å². The molecule has 0 saturated carbocycles. The third-order valence-corrected chi connectivity index (χ3v) is 3.51. The highest BCUT2D eigenvalue weighted by Gasteiger charge is 2.41. The zero-order valence-corrected chi connectivity index (χ0v) is 8.34. The molecule has 0 spiro atoms. The van der Waals surface area contributed by atoms with Crippen molar-refractivity contribution in [1.82, 2.24) is 0 Å². The van der Waals surface area contributed by atoms with E-state index in [9.17, 15) is 13.2 Å². The Morgan fingerprint density at radius 1 is 1.62 bits per heavy atom. The van der Waals surface area contributed by atoms with Gasteiger partial charge in [-0.25, -0.2) is 0 Å². The first-order chi connectivity index (χ1) is 5.64. The van der Waals surface area contributed by atoms with E-state index in [0.29, 0.717) is 0 Å². The molecular weight excluding hydrogens is 194 g/mol. The minimum atomic E-state index is -4.35. The summed E-state index contributed by atoms with van der Waals surface area (Å²) in [6.07, 6.45) is 0.928. The Bertz CT molecular complexity index is 317. The van der Waals surface area contributed by atoms with E-state index in [2.05, 4.69) is 6.58 Å². The molecule has 3 N–H and O–H groups in total. The standard InChI is InChI=1S/C7H13NO4S/c1-4-5(9)6(8)7(2,3)13(10,11)12/h4,6H,1,8H2,2-3H3,(H,10,11,12). The normalized spacial score (nSPS) is 15.1. The second kappa shape index (κ2) is 3.57. The van der Waals surface area contributed by atoms with Crippen molar-refractivity contribution in [1.29, 1.82) is 0 Å². The van der Waals surface area contributed by atoms with Crippen molar-refractivity contribution < 1.29 is 17.8 Å². The third kappa shape index (κ3) is 2.36. The van der Waals surface area contributed by atoms with Gasteiger partial charge in [0.15, 0.2) is 5.78 Å². The minimum Gasteiger partial charge on any atom is -0.320 e. The summed E-state index contributed by atoms with van der Waals surface area (Å²) in [4.78, 5) is 11.0. The van der Waals surface area contributed by atoms with E-state index in [1.165, 1.54) is 13.8 Å². The SMILES string of the molecule is C=CC(=O)C(N)C(C)(C)S(=O)(=O)O. The molecule has 0 fully saturated rings. The molecule has 0 saturated heterocycles. The van der Waals surface area contributed by atoms with Crippen molar-refractivity contribution in [2.24, 2.45) is 5.73 Å². The Morgan fingerprint density at radius 3 is 2.23 bits per heavy atom. The Balaban J connectivity index is 5.07. The molecule has 13 heavy (non-hydrogen) atoms. The second-order valence-corrected chi connectivity index (χ2v) is 5.17. The van der Waals surface area contributed by atoms with Crippen LogP contribution in [0.4, 0.5) is 0 Å². The number of nitrogens with two attached hydrogens (primary N) is 1. The quantitative estimate of drug-likeness (QED) is 0.488. The van der Waals surface area contributed by atoms with Crippen molar-refractivity contribution in [2.75, 3.05) is 0 Å². The zero-order valence-electron chi connectivity index (χ0n) is 7.52. The molecule has 0 aliphatic carbocycles. The molecule has 0 aliphatic heterocycles. The van der Waals surface area contributed by atoms with Gasteiger partial charge in [-0.2, -0.15) is 8.42 Å². The molecule has 0 bridgehead atoms. The minimum absolute atomic E-state index is 0.623. The van der Waals surface area contributed by atoms with Crippen LogP contribution >= 0.6 is 0 Å². The Labute approximate surface area is 77.4 Å². The van der Waals surface area contributed by atoms with Gasteiger partial charge in [0.2, 0.25) is 0 Å². The summed E-state index contributed by atoms with van der Waals surface area (Å²) >= 11 is 0. The topological polar surface area (TPSA) is 97.5 Å². The molecule has 76 valence electrons. The lowest BCUT2D eigenvalue weighted by atomic mass is 10.00. The maximum atomic E-state index is 11.0. The van der Waals surface area contributed by atoms with Gasteiger partial charge >= 0.3 is 0 Å². The molecule has 0 aliphatic rings. The number of ketones is 1. The largest absolute Gasteiger partial charge is 0.320 e. The van der Waals surface area contributed by atoms with Gasteiger partial charge in [-0.1, -0.05) is 6.58 Å². The highest BCUT2D eigenvalue weighted by Crippen LogP contribution is 2.19. The summed E-state index contributed by atoms with van der Waals surface area (Å²) in [7, 11) is -4.35. The van der Waals surface area contributed by atoms with E-state index < -0.39 is 26.7 Å². The zero-order chi connectivity index (χ0) is 10.9. The smallest absolute Gasteiger partial charge is 0.272 e. The van der Waals surface area contributed by atoms with E-state index in [4.69, 9.17) is 10.3 Å². The number of hydrogen-bond acceptors (Lipinski definition) is 4. The molecule has 0 rings (SSSR count). The first-order valence-corrected chi connectivity index (χ1v) is 4.97. The average Bonchev–Trinajstić information content (AvgIpc) is 1.99. The van der Waals surface area contributed by atoms with Crippen molar-refractivity contribution in [2.45, 2.75) is 24.6 Å². The lowest BCUT2D eigenvalue weighted by molar-refractivity contribution is -0.116. The van der Waals surface area contributed by atoms with Gasteiger partial charge < -0.3 is 5.73 Å². The van der Waals surface area contributed by atoms with Crippen LogP contribution in [0.5, 0.6) is 0 Å². The Kier molecular flexibility index (Phi) is 3.37. The van der Waals surface area contributed by atoms with Crippen molar-refractivity contribution in [3.05, 3.63) is 12.7 Å². The van der Waals surface area contributed by atoms with E-state index in [1.807, 2.05) is 0 Å². The maximum absolute atomic E-state index is 11.0. The fourth-order valence-electron chi connectivity index (χ4n) is 0.630. The van der Waals surface area contributed by atoms with Crippen LogP contribution in [-0.2, 0) is 14.9 Å². The molecule has 0 aromatic heterocycles. The lowest BCUT2D eigenvalue weighted by Crippen LogP contribution is -2.52. The van der Waals surface area contributed by atoms with Gasteiger partial charge in [-0.05, 0) is 19.9 Å². The average molecular weight is 207 g/mol. The summed E-state index contributed by atoms with van der Waals surface area (Å²) < 4.78 is 28.7. The molecule has 0 heterocycles. The summed E-state index contributed by atoms with van der Waals surface area (Å²) in [6.45, 7) is 5.52. The van der Waals surface area contributed by atoms with E-state index >= 15 is 0 Å². The van der Waals surface area contributed by atoms with E-state index in [-0.39, 0.29) is 0 Å². The van der Waals surface area contributed by atoms with E-state index in [1.54, 1.807) is 0 Å². The highest BCUT2D eigenvalue weighted by molar-refractivity contribution is 7.87. The molecule has 0 aromatic rings. The van der Waals surface area contributed by atoms with Gasteiger partial charge in [0, 0.05) is 0 Å². The van der Waals surface area contributed by atoms with Gasteiger partial charge in [0.1, 0.15) is 4.75 Å². The second-order valence-electron chi connectivity index (χ2n) is 3.16. The number of carbonyl (C=O) groups excluding carboxylic acids is 1. The van der Waals surface area contributed by atoms with Crippen molar-refractivity contribution >= 4 is 15.9 Å². The van der Waals surface area contributed by atoms with E-state index in [0.717, 1.165) is 6.08 Å². The molecule has 5 nitrogen and oxygen atoms in total. The van der Waals surface area contributed by atoms with Crippen molar-refractivity contribution in [3.8, 4) is 0 Å². The van der Waals surface area contributed by atoms with Crippen LogP contribution in [0.25, 0.3) is 0 Å². The summed E-state index contributed by atoms with van der Waals surface area (Å²) in [5.41, 5.74) is 5.33. The first-order valence-electron chi connectivity index (χ1n) is 3.53. The monoisotopic (exact) mass is 207 g/mol. The van der Waals surface area contributed by atoms with Crippen LogP contribution in [-0.4, -0.2) is 29.5 Å². The van der Waals surface area contributed by atoms with Crippen LogP contribution in [0.1, 0.15) is 13.8 Å². The molecule has 0 amide bonds. The molecule has 1 unspecified atom stereocenters. The Hall–Kier alpha value is -0.720. The van der Waals surface area contributed by atoms with Crippen LogP contribution in [0.3, 0.4) is 0 Å². The highest BCUT2D eigenvalue weighted by atomic mass is 32.2. The third-order valence-electron chi connectivity index (χ3n) is 1.92. The molecule has 6 heteroatoms. The van der Waals surface area contributed by atoms with Gasteiger partial charge in [-0.3, -0.25) is 9.35 Å². The predicted molar refractivity (Wildman–Crippen MR) is 48.8 cm³/mol. The van der Waals surface area contributed by atoms with Crippen LogP contribution < -0.4 is 5.73 Å². The summed E-state index contributed by atoms with van der Waals surface area (Å²) in [6, 6.07) is -1.31. The maximum Gasteiger partial charge on any atom is 0.272 e. The summed E-state index contributed by atoms with van der Waals surface area (Å²) in [5, 5.41) is 0. The molecule has 0 aromatic carbocycles. The first kappa shape index (κ1) is 12.3. The van der Waals surface area contributed by atoms with Crippen LogP contribution in [0, 0.1) is 0 Å². The van der Waals surface area contributed by atoms with Gasteiger partial charge in [-0.15, -0.1) is 0 Å². The number of hydrogen-bond donors (Lipinski definition) is 2. The number of rotatable bonds is 4. The fourth-order valence-corrected chi connectivity index (χ4v) is 1.07. The summed E-state index contributed by atoms with van der Waals surface area (Å²) in [5.74, 6) is -0.623. The molecular formula is C7H13NO4S. The van der Waals surface area contributed by atoms with Gasteiger partial charge in [0.25, 0.3) is 10.1 Å². The van der Waals surface area contributed by atoms with Crippen LogP contribution in [0.2, 0.25) is 0 Å². The molecule has 0 radical (unpaired) electrons. The predicted octanol–water partition coefficient (Wildman–Crippen LogP) is -0.265. The van der Waals surface area contributed by atoms with Crippen LogP contribution in [0.15, 0.2) is 12.7 Å². The molecule has 1 atom stereocenters. The van der Waals surface area contributed by atoms with Gasteiger partial charge in [0.05, 0.1) is 6.04 Å². The fraction of sp³-hybridized carbons (Fsp3) is 0.571.